The van der Waals surface area contributed by atoms with Gasteiger partial charge in [-0.2, -0.15) is 13.2 Å². The molecule has 0 radical (unpaired) electrons. The molecule has 0 spiro atoms. The summed E-state index contributed by atoms with van der Waals surface area (Å²) in [5, 5.41) is 10.5. The van der Waals surface area contributed by atoms with E-state index in [9.17, 15) is 22.8 Å². The molecular weight excluding hydrogens is 391 g/mol. The molecule has 0 saturated carbocycles. The molecule has 2 unspecified atom stereocenters. The Morgan fingerprint density at radius 3 is 1.43 bits per heavy atom. The summed E-state index contributed by atoms with van der Waals surface area (Å²) in [6, 6.07) is 20.2. The molecule has 0 aliphatic carbocycles. The fourth-order valence-corrected chi connectivity index (χ4v) is 5.97. The highest BCUT2D eigenvalue weighted by atomic mass is 31.2. The van der Waals surface area contributed by atoms with Crippen molar-refractivity contribution in [3.05, 3.63) is 96.6 Å². The predicted octanol–water partition coefficient (Wildman–Crippen LogP) is 4.75. The van der Waals surface area contributed by atoms with Crippen LogP contribution < -0.4 is 10.6 Å². The SMILES string of the molecule is O=P(c1ccccc1)(c1ccccc1)C(F)C(O)(c1ccccc1)C(F)(F)F. The average molecular weight is 408 g/mol. The van der Waals surface area contributed by atoms with Gasteiger partial charge in [-0.1, -0.05) is 91.0 Å². The van der Waals surface area contributed by atoms with Crippen molar-refractivity contribution in [3.8, 4) is 0 Å². The zero-order valence-corrected chi connectivity index (χ0v) is 15.4. The average Bonchev–Trinajstić information content (AvgIpc) is 2.73. The molecule has 3 aromatic rings. The molecule has 2 nitrogen and oxygen atoms in total. The third kappa shape index (κ3) is 3.27. The molecule has 0 aliphatic heterocycles. The van der Waals surface area contributed by atoms with E-state index in [0.29, 0.717) is 0 Å². The smallest absolute Gasteiger partial charge is 0.374 e. The van der Waals surface area contributed by atoms with Gasteiger partial charge in [-0.3, -0.25) is 0 Å². The number of aliphatic hydroxyl groups is 1. The van der Waals surface area contributed by atoms with Gasteiger partial charge >= 0.3 is 6.18 Å². The Labute approximate surface area is 159 Å². The molecule has 0 saturated heterocycles. The first-order valence-electron chi connectivity index (χ1n) is 8.42. The summed E-state index contributed by atoms with van der Waals surface area (Å²) in [5.74, 6) is -3.15. The van der Waals surface area contributed by atoms with Crippen LogP contribution in [0.5, 0.6) is 0 Å². The standard InChI is InChI=1S/C21H17F4O2P/c22-19(20(26,21(23,24)25)16-10-4-1-5-11-16)28(27,17-12-6-2-7-13-17)18-14-8-3-9-15-18/h1-15,19,26H. The Hall–Kier alpha value is -2.43. The van der Waals surface area contributed by atoms with Gasteiger partial charge in [0.2, 0.25) is 11.5 Å². The lowest BCUT2D eigenvalue weighted by Crippen LogP contribution is -2.51. The first kappa shape index (κ1) is 20.3. The van der Waals surface area contributed by atoms with Crippen LogP contribution in [0.25, 0.3) is 0 Å². The number of hydrogen-bond donors (Lipinski definition) is 1. The minimum Gasteiger partial charge on any atom is -0.374 e. The number of alkyl halides is 4. The second kappa shape index (κ2) is 7.53. The summed E-state index contributed by atoms with van der Waals surface area (Å²) in [5.41, 5.74) is -4.66. The van der Waals surface area contributed by atoms with Gasteiger partial charge in [-0.25, -0.2) is 4.39 Å². The first-order valence-corrected chi connectivity index (χ1v) is 10.2. The molecule has 28 heavy (non-hydrogen) atoms. The van der Waals surface area contributed by atoms with Crippen LogP contribution in [0.1, 0.15) is 5.56 Å². The molecule has 3 aromatic carbocycles. The van der Waals surface area contributed by atoms with Crippen molar-refractivity contribution >= 4 is 17.8 Å². The first-order chi connectivity index (χ1) is 13.2. The van der Waals surface area contributed by atoms with Crippen molar-refractivity contribution in [2.24, 2.45) is 0 Å². The van der Waals surface area contributed by atoms with E-state index < -0.39 is 30.4 Å². The van der Waals surface area contributed by atoms with Crippen LogP contribution in [0.3, 0.4) is 0 Å². The largest absolute Gasteiger partial charge is 0.424 e. The molecule has 2 atom stereocenters. The van der Waals surface area contributed by atoms with E-state index in [4.69, 9.17) is 0 Å². The van der Waals surface area contributed by atoms with Crippen molar-refractivity contribution in [1.29, 1.82) is 0 Å². The van der Waals surface area contributed by atoms with E-state index in [2.05, 4.69) is 0 Å². The lowest BCUT2D eigenvalue weighted by Gasteiger charge is -2.37. The maximum Gasteiger partial charge on any atom is 0.424 e. The van der Waals surface area contributed by atoms with Gasteiger partial charge in [0.25, 0.3) is 0 Å². The van der Waals surface area contributed by atoms with Crippen molar-refractivity contribution in [2.45, 2.75) is 17.7 Å². The maximum atomic E-state index is 15.8. The summed E-state index contributed by atoms with van der Waals surface area (Å²) >= 11 is 0. The van der Waals surface area contributed by atoms with E-state index in [1.807, 2.05) is 0 Å². The molecule has 0 heterocycles. The van der Waals surface area contributed by atoms with Crippen LogP contribution in [0, 0.1) is 0 Å². The van der Waals surface area contributed by atoms with E-state index in [1.165, 1.54) is 66.7 Å². The molecule has 0 aromatic heterocycles. The van der Waals surface area contributed by atoms with E-state index in [-0.39, 0.29) is 10.6 Å². The zero-order chi connectivity index (χ0) is 20.4. The van der Waals surface area contributed by atoms with Gasteiger partial charge in [-0.05, 0) is 5.56 Å². The van der Waals surface area contributed by atoms with Crippen LogP contribution >= 0.6 is 7.14 Å². The van der Waals surface area contributed by atoms with E-state index in [0.717, 1.165) is 12.1 Å². The highest BCUT2D eigenvalue weighted by Crippen LogP contribution is 2.59. The summed E-state index contributed by atoms with van der Waals surface area (Å²) in [6.07, 6.45) is -5.40. The Bertz CT molecular complexity index is 918. The van der Waals surface area contributed by atoms with Crippen LogP contribution in [0.4, 0.5) is 17.6 Å². The van der Waals surface area contributed by atoms with Crippen LogP contribution in [0.15, 0.2) is 91.0 Å². The quantitative estimate of drug-likeness (QED) is 0.489. The molecule has 1 N–H and O–H groups in total. The number of benzene rings is 3. The number of rotatable bonds is 5. The molecular formula is C21H17F4O2P. The van der Waals surface area contributed by atoms with E-state index in [1.54, 1.807) is 12.1 Å². The van der Waals surface area contributed by atoms with E-state index >= 15 is 4.39 Å². The molecule has 0 aliphatic rings. The second-order valence-corrected chi connectivity index (χ2v) is 9.10. The summed E-state index contributed by atoms with van der Waals surface area (Å²) in [4.78, 5) is 0. The number of hydrogen-bond acceptors (Lipinski definition) is 2. The Kier molecular flexibility index (Phi) is 5.46. The molecule has 3 rings (SSSR count). The van der Waals surface area contributed by atoms with Crippen LogP contribution in [-0.4, -0.2) is 17.2 Å². The topological polar surface area (TPSA) is 37.3 Å². The minimum atomic E-state index is -5.40. The molecule has 0 amide bonds. The molecule has 7 heteroatoms. The van der Waals surface area contributed by atoms with Gasteiger partial charge in [0.05, 0.1) is 0 Å². The van der Waals surface area contributed by atoms with Crippen molar-refractivity contribution in [2.75, 3.05) is 0 Å². The molecule has 0 bridgehead atoms. The predicted molar refractivity (Wildman–Crippen MR) is 101 cm³/mol. The normalized spacial score (nSPS) is 15.6. The Balaban J connectivity index is 2.29. The second-order valence-electron chi connectivity index (χ2n) is 6.30. The zero-order valence-electron chi connectivity index (χ0n) is 14.6. The summed E-state index contributed by atoms with van der Waals surface area (Å²) in [7, 11) is -4.54. The van der Waals surface area contributed by atoms with Crippen LogP contribution in [0.2, 0.25) is 0 Å². The maximum absolute atomic E-state index is 15.8. The van der Waals surface area contributed by atoms with Gasteiger partial charge < -0.3 is 9.67 Å². The summed E-state index contributed by atoms with van der Waals surface area (Å²) in [6.45, 7) is 0. The van der Waals surface area contributed by atoms with Crippen LogP contribution in [-0.2, 0) is 10.2 Å². The van der Waals surface area contributed by atoms with Gasteiger partial charge in [0.1, 0.15) is 0 Å². The monoisotopic (exact) mass is 408 g/mol. The fourth-order valence-electron chi connectivity index (χ4n) is 3.10. The Morgan fingerprint density at radius 2 is 1.07 bits per heavy atom. The molecule has 0 fully saturated rings. The lowest BCUT2D eigenvalue weighted by molar-refractivity contribution is -0.277. The fraction of sp³-hybridized carbons (Fsp3) is 0.143. The van der Waals surface area contributed by atoms with Gasteiger partial charge in [-0.15, -0.1) is 0 Å². The van der Waals surface area contributed by atoms with Crippen molar-refractivity contribution in [1.82, 2.24) is 0 Å². The minimum absolute atomic E-state index is 0.104. The van der Waals surface area contributed by atoms with Gasteiger partial charge in [0, 0.05) is 10.6 Å². The van der Waals surface area contributed by atoms with Crippen molar-refractivity contribution < 1.29 is 27.2 Å². The third-order valence-electron chi connectivity index (χ3n) is 4.59. The van der Waals surface area contributed by atoms with Crippen molar-refractivity contribution in [3.63, 3.8) is 0 Å². The number of halogens is 4. The highest BCUT2D eigenvalue weighted by molar-refractivity contribution is 7.79. The highest BCUT2D eigenvalue weighted by Gasteiger charge is 2.65. The molecule has 146 valence electrons. The summed E-state index contributed by atoms with van der Waals surface area (Å²) < 4.78 is 71.7. The Morgan fingerprint density at radius 1 is 0.714 bits per heavy atom. The lowest BCUT2D eigenvalue weighted by atomic mass is 9.94. The third-order valence-corrected chi connectivity index (χ3v) is 7.73. The van der Waals surface area contributed by atoms with Gasteiger partial charge in [0.15, 0.2) is 7.14 Å².